The summed E-state index contributed by atoms with van der Waals surface area (Å²) in [6, 6.07) is -0.867. The molecule has 0 unspecified atom stereocenters. The van der Waals surface area contributed by atoms with E-state index in [4.69, 9.17) is 26.2 Å². The van der Waals surface area contributed by atoms with Crippen LogP contribution < -0.4 is 5.73 Å². The summed E-state index contributed by atoms with van der Waals surface area (Å²) in [4.78, 5) is 0. The van der Waals surface area contributed by atoms with Gasteiger partial charge < -0.3 is 26.2 Å². The van der Waals surface area contributed by atoms with Crippen LogP contribution in [-0.2, 0) is 0 Å². The van der Waals surface area contributed by atoms with Gasteiger partial charge in [-0.15, -0.1) is 0 Å². The fourth-order valence-corrected chi connectivity index (χ4v) is 1.23. The fourth-order valence-electron chi connectivity index (χ4n) is 1.23. The van der Waals surface area contributed by atoms with E-state index in [9.17, 15) is 0 Å². The Bertz CT molecular complexity index is 129. The van der Waals surface area contributed by atoms with Crippen molar-refractivity contribution >= 4 is 0 Å². The second-order valence-corrected chi connectivity index (χ2v) is 2.93. The molecule has 0 saturated heterocycles. The molecule has 5 nitrogen and oxygen atoms in total. The van der Waals surface area contributed by atoms with Crippen molar-refractivity contribution in [2.75, 3.05) is 0 Å². The average molecular weight is 163 g/mol. The number of hydrogen-bond donors (Lipinski definition) is 5. The lowest BCUT2D eigenvalue weighted by atomic mass is 9.86. The summed E-state index contributed by atoms with van der Waals surface area (Å²) in [6.07, 6.45) is -4.50. The summed E-state index contributed by atoms with van der Waals surface area (Å²) in [5.74, 6) is 0. The van der Waals surface area contributed by atoms with Crippen LogP contribution in [0.25, 0.3) is 0 Å². The lowest BCUT2D eigenvalue weighted by Gasteiger charge is -2.36. The lowest BCUT2D eigenvalue weighted by molar-refractivity contribution is -0.127. The number of nitrogens with two attached hydrogens (primary N) is 1. The van der Waals surface area contributed by atoms with Gasteiger partial charge in [0.05, 0.1) is 24.4 Å². The molecule has 0 aromatic rings. The van der Waals surface area contributed by atoms with E-state index in [-0.39, 0.29) is 6.42 Å². The van der Waals surface area contributed by atoms with Gasteiger partial charge in [-0.05, 0) is 0 Å². The second kappa shape index (κ2) is 3.04. The van der Waals surface area contributed by atoms with E-state index in [1.165, 1.54) is 0 Å². The molecule has 0 amide bonds. The van der Waals surface area contributed by atoms with Gasteiger partial charge in [0.1, 0.15) is 6.10 Å². The summed E-state index contributed by atoms with van der Waals surface area (Å²) in [5.41, 5.74) is 5.30. The van der Waals surface area contributed by atoms with Crippen LogP contribution in [0.4, 0.5) is 0 Å². The number of aliphatic hydroxyl groups is 4. The molecule has 0 aromatic heterocycles. The minimum atomic E-state index is -1.24. The van der Waals surface area contributed by atoms with E-state index in [0.29, 0.717) is 0 Å². The van der Waals surface area contributed by atoms with Crippen LogP contribution in [0.3, 0.4) is 0 Å². The van der Waals surface area contributed by atoms with Crippen molar-refractivity contribution in [2.45, 2.75) is 36.9 Å². The molecule has 11 heavy (non-hydrogen) atoms. The summed E-state index contributed by atoms with van der Waals surface area (Å²) in [7, 11) is 0. The highest BCUT2D eigenvalue weighted by Crippen LogP contribution is 2.18. The predicted octanol–water partition coefficient (Wildman–Crippen LogP) is -2.84. The smallest absolute Gasteiger partial charge is 0.107 e. The van der Waals surface area contributed by atoms with Crippen LogP contribution in [0.1, 0.15) is 6.42 Å². The van der Waals surface area contributed by atoms with Gasteiger partial charge in [0, 0.05) is 6.42 Å². The molecule has 0 heterocycles. The summed E-state index contributed by atoms with van der Waals surface area (Å²) >= 11 is 0. The maximum absolute atomic E-state index is 9.09. The van der Waals surface area contributed by atoms with E-state index < -0.39 is 30.5 Å². The maximum Gasteiger partial charge on any atom is 0.107 e. The van der Waals surface area contributed by atoms with Crippen molar-refractivity contribution in [3.63, 3.8) is 0 Å². The zero-order chi connectivity index (χ0) is 8.59. The van der Waals surface area contributed by atoms with Crippen LogP contribution in [0.15, 0.2) is 0 Å². The molecule has 5 heteroatoms. The summed E-state index contributed by atoms with van der Waals surface area (Å²) in [6.45, 7) is 0. The topological polar surface area (TPSA) is 107 Å². The SMILES string of the molecule is N[C@@H]1[C@@H](O)[C@H](O)[C@H](O)C[C@@H]1O. The van der Waals surface area contributed by atoms with Gasteiger partial charge in [0.2, 0.25) is 0 Å². The van der Waals surface area contributed by atoms with Crippen LogP contribution in [0.2, 0.25) is 0 Å². The van der Waals surface area contributed by atoms with Crippen molar-refractivity contribution in [1.29, 1.82) is 0 Å². The molecule has 1 saturated carbocycles. The van der Waals surface area contributed by atoms with Gasteiger partial charge >= 0.3 is 0 Å². The minimum Gasteiger partial charge on any atom is -0.391 e. The third-order valence-electron chi connectivity index (χ3n) is 2.07. The van der Waals surface area contributed by atoms with Crippen LogP contribution in [0, 0.1) is 0 Å². The zero-order valence-corrected chi connectivity index (χ0v) is 5.96. The van der Waals surface area contributed by atoms with Crippen LogP contribution >= 0.6 is 0 Å². The summed E-state index contributed by atoms with van der Waals surface area (Å²) < 4.78 is 0. The first-order valence-electron chi connectivity index (χ1n) is 3.52. The van der Waals surface area contributed by atoms with Gasteiger partial charge in [0.25, 0.3) is 0 Å². The number of aliphatic hydroxyl groups excluding tert-OH is 4. The van der Waals surface area contributed by atoms with Crippen molar-refractivity contribution in [3.8, 4) is 0 Å². The normalized spacial score (nSPS) is 52.6. The molecule has 1 aliphatic rings. The summed E-state index contributed by atoms with van der Waals surface area (Å²) in [5, 5.41) is 36.2. The average Bonchev–Trinajstić information content (AvgIpc) is 1.97. The first-order chi connectivity index (χ1) is 5.04. The Morgan fingerprint density at radius 1 is 0.909 bits per heavy atom. The van der Waals surface area contributed by atoms with Gasteiger partial charge in [-0.2, -0.15) is 0 Å². The third-order valence-corrected chi connectivity index (χ3v) is 2.07. The first-order valence-corrected chi connectivity index (χ1v) is 3.52. The molecule has 0 aromatic carbocycles. The molecule has 6 N–H and O–H groups in total. The Balaban J connectivity index is 2.63. The van der Waals surface area contributed by atoms with Gasteiger partial charge in [-0.25, -0.2) is 0 Å². The molecule has 0 radical (unpaired) electrons. The van der Waals surface area contributed by atoms with E-state index in [0.717, 1.165) is 0 Å². The zero-order valence-electron chi connectivity index (χ0n) is 5.96. The Kier molecular flexibility index (Phi) is 2.46. The number of hydrogen-bond acceptors (Lipinski definition) is 5. The highest BCUT2D eigenvalue weighted by molar-refractivity contribution is 4.94. The van der Waals surface area contributed by atoms with Crippen LogP contribution in [-0.4, -0.2) is 50.9 Å². The van der Waals surface area contributed by atoms with Crippen molar-refractivity contribution in [3.05, 3.63) is 0 Å². The van der Waals surface area contributed by atoms with E-state index >= 15 is 0 Å². The molecule has 66 valence electrons. The Morgan fingerprint density at radius 2 is 1.45 bits per heavy atom. The van der Waals surface area contributed by atoms with Crippen molar-refractivity contribution < 1.29 is 20.4 Å². The predicted molar refractivity (Wildman–Crippen MR) is 36.6 cm³/mol. The largest absolute Gasteiger partial charge is 0.391 e. The van der Waals surface area contributed by atoms with Gasteiger partial charge in [-0.3, -0.25) is 0 Å². The Morgan fingerprint density at radius 3 is 2.00 bits per heavy atom. The van der Waals surface area contributed by atoms with E-state index in [1.807, 2.05) is 0 Å². The molecule has 1 fully saturated rings. The lowest BCUT2D eigenvalue weighted by Crippen LogP contribution is -2.59. The highest BCUT2D eigenvalue weighted by atomic mass is 16.4. The van der Waals surface area contributed by atoms with Crippen LogP contribution in [0.5, 0.6) is 0 Å². The Hall–Kier alpha value is -0.200. The van der Waals surface area contributed by atoms with Gasteiger partial charge in [-0.1, -0.05) is 0 Å². The van der Waals surface area contributed by atoms with Gasteiger partial charge in [0.15, 0.2) is 0 Å². The van der Waals surface area contributed by atoms with Crippen molar-refractivity contribution in [2.24, 2.45) is 5.73 Å². The molecule has 0 spiro atoms. The maximum atomic E-state index is 9.09. The molecule has 1 aliphatic carbocycles. The first kappa shape index (κ1) is 8.89. The quantitative estimate of drug-likeness (QED) is 0.264. The molecular weight excluding hydrogens is 150 g/mol. The minimum absolute atomic E-state index is 0.0133. The monoisotopic (exact) mass is 163 g/mol. The van der Waals surface area contributed by atoms with Crippen molar-refractivity contribution in [1.82, 2.24) is 0 Å². The molecule has 5 atom stereocenters. The molecule has 0 aliphatic heterocycles. The fraction of sp³-hybridized carbons (Fsp3) is 1.00. The van der Waals surface area contributed by atoms with E-state index in [2.05, 4.69) is 0 Å². The highest BCUT2D eigenvalue weighted by Gasteiger charge is 2.39. The molecule has 0 bridgehead atoms. The third kappa shape index (κ3) is 1.52. The number of rotatable bonds is 0. The Labute approximate surface area is 64.1 Å². The second-order valence-electron chi connectivity index (χ2n) is 2.93. The molecule has 1 rings (SSSR count). The molecular formula is C6H13NO4. The standard InChI is InChI=1S/C6H13NO4/c7-4-2(8)1-3(9)5(10)6(4)11/h2-6,8-11H,1,7H2/t2-,3+,4-,5+,6+/m0/s1. The van der Waals surface area contributed by atoms with E-state index in [1.54, 1.807) is 0 Å².